The molecule has 0 fully saturated rings. The summed E-state index contributed by atoms with van der Waals surface area (Å²) in [7, 11) is 0. The first kappa shape index (κ1) is 13.6. The number of carbonyl (C=O) groups is 2. The Balaban J connectivity index is 2.40. The fourth-order valence-electron chi connectivity index (χ4n) is 1.74. The summed E-state index contributed by atoms with van der Waals surface area (Å²) in [5.41, 5.74) is 12.3. The van der Waals surface area contributed by atoms with Crippen LogP contribution in [0.3, 0.4) is 0 Å². The first-order valence-electron chi connectivity index (χ1n) is 5.95. The highest BCUT2D eigenvalue weighted by Crippen LogP contribution is 2.21. The summed E-state index contributed by atoms with van der Waals surface area (Å²) in [4.78, 5) is 22.8. The molecule has 4 N–H and O–H groups in total. The molecule has 1 aromatic carbocycles. The number of anilines is 1. The van der Waals surface area contributed by atoms with Gasteiger partial charge in [-0.3, -0.25) is 4.79 Å². The molecule has 2 aromatic rings. The Kier molecular flexibility index (Phi) is 3.69. The lowest BCUT2D eigenvalue weighted by Gasteiger charge is -2.08. The Hall–Kier alpha value is -2.83. The number of hydrogen-bond acceptors (Lipinski definition) is 5. The number of amides is 1. The number of nitrogens with zero attached hydrogens (tertiary/aromatic N) is 2. The van der Waals surface area contributed by atoms with Crippen LogP contribution < -0.4 is 11.5 Å². The van der Waals surface area contributed by atoms with Crippen LogP contribution >= 0.6 is 0 Å². The standard InChI is InChI=1S/C13H14N4O3/c1-2-20-13(19)8-6-16-17(7-8)10-5-3-4-9(11(10)14)12(15)18/h3-7H,2,14H2,1H3,(H2,15,18). The van der Waals surface area contributed by atoms with Gasteiger partial charge < -0.3 is 16.2 Å². The molecule has 7 nitrogen and oxygen atoms in total. The molecular formula is C13H14N4O3. The van der Waals surface area contributed by atoms with Crippen molar-refractivity contribution in [1.29, 1.82) is 0 Å². The van der Waals surface area contributed by atoms with Crippen molar-refractivity contribution < 1.29 is 14.3 Å². The number of nitrogen functional groups attached to an aromatic ring is 1. The van der Waals surface area contributed by atoms with Gasteiger partial charge >= 0.3 is 5.97 Å². The molecule has 0 bridgehead atoms. The third-order valence-corrected chi connectivity index (χ3v) is 2.69. The van der Waals surface area contributed by atoms with Gasteiger partial charge in [-0.2, -0.15) is 5.10 Å². The van der Waals surface area contributed by atoms with Crippen LogP contribution in [0.5, 0.6) is 0 Å². The molecule has 0 saturated carbocycles. The molecule has 0 saturated heterocycles. The molecular weight excluding hydrogens is 260 g/mol. The summed E-state index contributed by atoms with van der Waals surface area (Å²) in [5.74, 6) is -1.09. The first-order chi connectivity index (χ1) is 9.54. The Bertz CT molecular complexity index is 663. The van der Waals surface area contributed by atoms with E-state index in [1.807, 2.05) is 0 Å². The molecule has 1 aromatic heterocycles. The van der Waals surface area contributed by atoms with Crippen LogP contribution in [-0.2, 0) is 4.74 Å². The van der Waals surface area contributed by atoms with Gasteiger partial charge in [-0.25, -0.2) is 9.48 Å². The second kappa shape index (κ2) is 5.43. The van der Waals surface area contributed by atoms with Crippen molar-refractivity contribution in [3.8, 4) is 5.69 Å². The second-order valence-corrected chi connectivity index (χ2v) is 4.00. The Labute approximate surface area is 115 Å². The third kappa shape index (κ3) is 2.46. The number of hydrogen-bond donors (Lipinski definition) is 2. The van der Waals surface area contributed by atoms with Crippen molar-refractivity contribution in [3.05, 3.63) is 41.7 Å². The van der Waals surface area contributed by atoms with Crippen LogP contribution in [0, 0.1) is 0 Å². The number of rotatable bonds is 4. The third-order valence-electron chi connectivity index (χ3n) is 2.69. The van der Waals surface area contributed by atoms with Crippen molar-refractivity contribution in [3.63, 3.8) is 0 Å². The molecule has 1 amide bonds. The lowest BCUT2D eigenvalue weighted by Crippen LogP contribution is -2.15. The van der Waals surface area contributed by atoms with Crippen molar-refractivity contribution in [2.24, 2.45) is 5.73 Å². The van der Waals surface area contributed by atoms with E-state index in [1.165, 1.54) is 23.1 Å². The molecule has 0 aliphatic carbocycles. The Morgan fingerprint density at radius 2 is 2.15 bits per heavy atom. The maximum Gasteiger partial charge on any atom is 0.341 e. The smallest absolute Gasteiger partial charge is 0.341 e. The maximum absolute atomic E-state index is 11.6. The summed E-state index contributed by atoms with van der Waals surface area (Å²) >= 11 is 0. The van der Waals surface area contributed by atoms with Crippen LogP contribution in [0.2, 0.25) is 0 Å². The molecule has 1 heterocycles. The molecule has 0 unspecified atom stereocenters. The van der Waals surface area contributed by atoms with E-state index in [4.69, 9.17) is 16.2 Å². The van der Waals surface area contributed by atoms with Gasteiger partial charge in [-0.05, 0) is 19.1 Å². The second-order valence-electron chi connectivity index (χ2n) is 4.00. The summed E-state index contributed by atoms with van der Waals surface area (Å²) in [6, 6.07) is 4.83. The average Bonchev–Trinajstić information content (AvgIpc) is 2.88. The molecule has 0 spiro atoms. The summed E-state index contributed by atoms with van der Waals surface area (Å²) in [6.07, 6.45) is 2.85. The predicted molar refractivity (Wildman–Crippen MR) is 72.5 cm³/mol. The summed E-state index contributed by atoms with van der Waals surface area (Å²) in [5, 5.41) is 4.03. The highest BCUT2D eigenvalue weighted by atomic mass is 16.5. The van der Waals surface area contributed by atoms with Crippen LogP contribution in [0.1, 0.15) is 27.6 Å². The highest BCUT2D eigenvalue weighted by Gasteiger charge is 2.14. The topological polar surface area (TPSA) is 113 Å². The zero-order valence-corrected chi connectivity index (χ0v) is 10.9. The van der Waals surface area contributed by atoms with Gasteiger partial charge in [0.25, 0.3) is 5.91 Å². The van der Waals surface area contributed by atoms with Crippen molar-refractivity contribution in [2.75, 3.05) is 12.3 Å². The van der Waals surface area contributed by atoms with Gasteiger partial charge in [0.15, 0.2) is 0 Å². The number of esters is 1. The highest BCUT2D eigenvalue weighted by molar-refractivity contribution is 5.99. The number of para-hydroxylation sites is 1. The van der Waals surface area contributed by atoms with Crippen LogP contribution in [0.15, 0.2) is 30.6 Å². The minimum Gasteiger partial charge on any atom is -0.462 e. The summed E-state index contributed by atoms with van der Waals surface area (Å²) < 4.78 is 6.27. The molecule has 0 atom stereocenters. The van der Waals surface area contributed by atoms with Crippen molar-refractivity contribution in [2.45, 2.75) is 6.92 Å². The van der Waals surface area contributed by atoms with Gasteiger partial charge in [0, 0.05) is 6.20 Å². The van der Waals surface area contributed by atoms with E-state index >= 15 is 0 Å². The zero-order valence-electron chi connectivity index (χ0n) is 10.9. The van der Waals surface area contributed by atoms with Crippen LogP contribution in [0.25, 0.3) is 5.69 Å². The monoisotopic (exact) mass is 274 g/mol. The van der Waals surface area contributed by atoms with E-state index in [1.54, 1.807) is 19.1 Å². The average molecular weight is 274 g/mol. The van der Waals surface area contributed by atoms with E-state index in [2.05, 4.69) is 5.10 Å². The van der Waals surface area contributed by atoms with E-state index in [-0.39, 0.29) is 17.9 Å². The number of ether oxygens (including phenoxy) is 1. The Morgan fingerprint density at radius 3 is 2.80 bits per heavy atom. The van der Waals surface area contributed by atoms with Gasteiger partial charge in [0.1, 0.15) is 0 Å². The largest absolute Gasteiger partial charge is 0.462 e. The fourth-order valence-corrected chi connectivity index (χ4v) is 1.74. The molecule has 0 aliphatic heterocycles. The quantitative estimate of drug-likeness (QED) is 0.630. The molecule has 2 rings (SSSR count). The van der Waals surface area contributed by atoms with E-state index in [0.29, 0.717) is 11.3 Å². The lowest BCUT2D eigenvalue weighted by atomic mass is 10.1. The van der Waals surface area contributed by atoms with Crippen molar-refractivity contribution in [1.82, 2.24) is 9.78 Å². The number of primary amides is 1. The fraction of sp³-hybridized carbons (Fsp3) is 0.154. The SMILES string of the molecule is CCOC(=O)c1cnn(-c2cccc(C(N)=O)c2N)c1. The summed E-state index contributed by atoms with van der Waals surface area (Å²) in [6.45, 7) is 2.00. The number of carbonyl (C=O) groups excluding carboxylic acids is 2. The van der Waals surface area contributed by atoms with E-state index < -0.39 is 11.9 Å². The maximum atomic E-state index is 11.6. The zero-order chi connectivity index (χ0) is 14.7. The predicted octanol–water partition coefficient (Wildman–Crippen LogP) is 0.730. The molecule has 20 heavy (non-hydrogen) atoms. The number of nitrogens with two attached hydrogens (primary N) is 2. The van der Waals surface area contributed by atoms with Crippen LogP contribution in [0.4, 0.5) is 5.69 Å². The minimum atomic E-state index is -0.623. The van der Waals surface area contributed by atoms with Gasteiger partial charge in [0.05, 0.1) is 35.3 Å². The van der Waals surface area contributed by atoms with E-state index in [9.17, 15) is 9.59 Å². The molecule has 7 heteroatoms. The van der Waals surface area contributed by atoms with Gasteiger partial charge in [-0.1, -0.05) is 6.07 Å². The minimum absolute atomic E-state index is 0.204. The number of benzene rings is 1. The van der Waals surface area contributed by atoms with E-state index in [0.717, 1.165) is 0 Å². The van der Waals surface area contributed by atoms with Gasteiger partial charge in [-0.15, -0.1) is 0 Å². The number of aromatic nitrogens is 2. The van der Waals surface area contributed by atoms with Crippen molar-refractivity contribution >= 4 is 17.6 Å². The molecule has 0 radical (unpaired) electrons. The molecule has 0 aliphatic rings. The van der Waals surface area contributed by atoms with Gasteiger partial charge in [0.2, 0.25) is 0 Å². The lowest BCUT2D eigenvalue weighted by molar-refractivity contribution is 0.0526. The first-order valence-corrected chi connectivity index (χ1v) is 5.95. The Morgan fingerprint density at radius 1 is 1.40 bits per heavy atom. The van der Waals surface area contributed by atoms with Crippen LogP contribution in [-0.4, -0.2) is 28.3 Å². The molecule has 104 valence electrons. The normalized spacial score (nSPS) is 10.2.